The van der Waals surface area contributed by atoms with E-state index >= 15 is 0 Å². The number of hydrogen-bond acceptors (Lipinski definition) is 2. The van der Waals surface area contributed by atoms with Crippen LogP contribution in [-0.4, -0.2) is 23.4 Å². The standard InChI is InChI=1S/C20H40O.C20H34O/c2*1-17(2)9-6-10-18(3)11-7-12-19(4)13-8-14-20(5)15-16-21/h15,17-19,21H,6-14,16H2,1-5H3;9,11,13,15,21H,6-8,10,12,14,16H2,1-5H3/t18-,19-;/m1./s1. The van der Waals surface area contributed by atoms with Gasteiger partial charge in [0.25, 0.3) is 0 Å². The van der Waals surface area contributed by atoms with Crippen molar-refractivity contribution in [3.63, 3.8) is 0 Å². The van der Waals surface area contributed by atoms with E-state index in [4.69, 9.17) is 10.2 Å². The fourth-order valence-corrected chi connectivity index (χ4v) is 5.11. The lowest BCUT2D eigenvalue weighted by Gasteiger charge is -2.15. The Kier molecular flexibility index (Phi) is 30.2. The molecular weight excluding hydrogens is 512 g/mol. The molecule has 0 rings (SSSR count). The second-order valence-corrected chi connectivity index (χ2v) is 13.8. The van der Waals surface area contributed by atoms with Crippen LogP contribution in [0.5, 0.6) is 0 Å². The Balaban J connectivity index is 0. The minimum absolute atomic E-state index is 0.158. The molecule has 0 aliphatic carbocycles. The van der Waals surface area contributed by atoms with E-state index in [0.29, 0.717) is 0 Å². The quantitative estimate of drug-likeness (QED) is 0.117. The van der Waals surface area contributed by atoms with Gasteiger partial charge in [-0.15, -0.1) is 0 Å². The van der Waals surface area contributed by atoms with Crippen molar-refractivity contribution in [2.45, 2.75) is 166 Å². The molecule has 246 valence electrons. The van der Waals surface area contributed by atoms with Crippen molar-refractivity contribution in [1.82, 2.24) is 0 Å². The number of hydrogen-bond donors (Lipinski definition) is 2. The summed E-state index contributed by atoms with van der Waals surface area (Å²) in [7, 11) is 0. The number of rotatable bonds is 23. The Labute approximate surface area is 264 Å². The lowest BCUT2D eigenvalue weighted by atomic mass is 9.91. The summed E-state index contributed by atoms with van der Waals surface area (Å²) in [6.45, 7) is 22.8. The number of aliphatic hydroxyl groups excluding tert-OH is 2. The van der Waals surface area contributed by atoms with Crippen molar-refractivity contribution in [3.8, 4) is 0 Å². The van der Waals surface area contributed by atoms with Crippen LogP contribution in [0.3, 0.4) is 0 Å². The highest BCUT2D eigenvalue weighted by molar-refractivity contribution is 5.07. The van der Waals surface area contributed by atoms with Gasteiger partial charge >= 0.3 is 0 Å². The summed E-state index contributed by atoms with van der Waals surface area (Å²) in [4.78, 5) is 0. The first-order valence-corrected chi connectivity index (χ1v) is 17.4. The summed E-state index contributed by atoms with van der Waals surface area (Å²) in [5.74, 6) is 2.63. The maximum absolute atomic E-state index is 8.83. The van der Waals surface area contributed by atoms with Gasteiger partial charge in [0.15, 0.2) is 0 Å². The minimum Gasteiger partial charge on any atom is -0.392 e. The van der Waals surface area contributed by atoms with Crippen LogP contribution in [0, 0.1) is 17.8 Å². The second kappa shape index (κ2) is 29.7. The number of allylic oxidation sites excluding steroid dienone is 8. The highest BCUT2D eigenvalue weighted by atomic mass is 16.3. The Bertz CT molecular complexity index is 773. The predicted molar refractivity (Wildman–Crippen MR) is 191 cm³/mol. The van der Waals surface area contributed by atoms with E-state index in [1.165, 1.54) is 85.7 Å². The van der Waals surface area contributed by atoms with Crippen molar-refractivity contribution in [1.29, 1.82) is 0 Å². The third-order valence-corrected chi connectivity index (χ3v) is 8.17. The molecule has 0 aliphatic rings. The molecule has 0 amide bonds. The van der Waals surface area contributed by atoms with E-state index in [1.54, 1.807) is 0 Å². The summed E-state index contributed by atoms with van der Waals surface area (Å²) < 4.78 is 0. The third kappa shape index (κ3) is 33.1. The van der Waals surface area contributed by atoms with Gasteiger partial charge in [0.1, 0.15) is 0 Å². The van der Waals surface area contributed by atoms with E-state index in [1.807, 2.05) is 12.2 Å². The van der Waals surface area contributed by atoms with Crippen LogP contribution in [-0.2, 0) is 0 Å². The van der Waals surface area contributed by atoms with Crippen molar-refractivity contribution < 1.29 is 10.2 Å². The van der Waals surface area contributed by atoms with Crippen LogP contribution in [0.1, 0.15) is 166 Å². The Morgan fingerprint density at radius 1 is 0.452 bits per heavy atom. The summed E-state index contributed by atoms with van der Waals surface area (Å²) in [5, 5.41) is 17.6. The van der Waals surface area contributed by atoms with Crippen LogP contribution >= 0.6 is 0 Å². The first-order valence-electron chi connectivity index (χ1n) is 17.4. The monoisotopic (exact) mass is 587 g/mol. The maximum Gasteiger partial charge on any atom is 0.0614 e. The van der Waals surface area contributed by atoms with Gasteiger partial charge in [0.05, 0.1) is 13.2 Å². The molecule has 0 unspecified atom stereocenters. The lowest BCUT2D eigenvalue weighted by molar-refractivity contribution is 0.341. The van der Waals surface area contributed by atoms with Crippen LogP contribution in [0.25, 0.3) is 0 Å². The molecule has 42 heavy (non-hydrogen) atoms. The average Bonchev–Trinajstić information content (AvgIpc) is 2.89. The molecule has 0 aliphatic heterocycles. The highest BCUT2D eigenvalue weighted by Gasteiger charge is 2.06. The molecule has 0 saturated heterocycles. The zero-order valence-electron chi connectivity index (χ0n) is 30.0. The summed E-state index contributed by atoms with van der Waals surface area (Å²) >= 11 is 0. The van der Waals surface area contributed by atoms with Crippen LogP contribution in [0.2, 0.25) is 0 Å². The molecule has 0 bridgehead atoms. The summed E-state index contributed by atoms with van der Waals surface area (Å²) in [6.07, 6.45) is 29.8. The normalized spacial score (nSPS) is 14.5. The van der Waals surface area contributed by atoms with Gasteiger partial charge in [0, 0.05) is 0 Å². The van der Waals surface area contributed by atoms with Crippen LogP contribution in [0.4, 0.5) is 0 Å². The molecule has 0 fully saturated rings. The van der Waals surface area contributed by atoms with Gasteiger partial charge in [-0.25, -0.2) is 0 Å². The number of aliphatic hydroxyl groups is 2. The first-order chi connectivity index (χ1) is 19.9. The van der Waals surface area contributed by atoms with E-state index < -0.39 is 0 Å². The Hall–Kier alpha value is -1.38. The van der Waals surface area contributed by atoms with Crippen LogP contribution in [0.15, 0.2) is 58.2 Å². The van der Waals surface area contributed by atoms with Gasteiger partial charge in [-0.2, -0.15) is 0 Å². The van der Waals surface area contributed by atoms with Crippen LogP contribution < -0.4 is 0 Å². The maximum atomic E-state index is 8.83. The zero-order valence-corrected chi connectivity index (χ0v) is 30.0. The van der Waals surface area contributed by atoms with E-state index in [9.17, 15) is 0 Å². The molecule has 2 N–H and O–H groups in total. The zero-order chi connectivity index (χ0) is 32.2. The van der Waals surface area contributed by atoms with Crippen molar-refractivity contribution >= 4 is 0 Å². The van der Waals surface area contributed by atoms with E-state index in [0.717, 1.165) is 56.3 Å². The second-order valence-electron chi connectivity index (χ2n) is 13.8. The molecule has 2 atom stereocenters. The fraction of sp³-hybridized carbons (Fsp3) is 0.750. The topological polar surface area (TPSA) is 40.5 Å². The minimum atomic E-state index is 0.158. The SMILES string of the molecule is CC(=CCO)CCC[C@H](C)CCC[C@H](C)CCCC(C)C.CC(C)=CCCC(C)=CCCC(C)=CCCC(C)=CCO. The third-order valence-electron chi connectivity index (χ3n) is 8.17. The molecule has 0 aromatic heterocycles. The molecule has 2 nitrogen and oxygen atoms in total. The van der Waals surface area contributed by atoms with Crippen molar-refractivity contribution in [3.05, 3.63) is 58.2 Å². The van der Waals surface area contributed by atoms with Crippen molar-refractivity contribution in [2.24, 2.45) is 17.8 Å². The predicted octanol–water partition coefficient (Wildman–Crippen LogP) is 12.5. The Morgan fingerprint density at radius 3 is 1.21 bits per heavy atom. The van der Waals surface area contributed by atoms with Gasteiger partial charge in [-0.05, 0) is 111 Å². The van der Waals surface area contributed by atoms with Gasteiger partial charge in [-0.3, -0.25) is 0 Å². The largest absolute Gasteiger partial charge is 0.392 e. The molecule has 0 radical (unpaired) electrons. The fourth-order valence-electron chi connectivity index (χ4n) is 5.11. The van der Waals surface area contributed by atoms with E-state index in [-0.39, 0.29) is 13.2 Å². The first kappa shape index (κ1) is 42.8. The van der Waals surface area contributed by atoms with E-state index in [2.05, 4.69) is 87.5 Å². The highest BCUT2D eigenvalue weighted by Crippen LogP contribution is 2.22. The lowest BCUT2D eigenvalue weighted by Crippen LogP contribution is -2.00. The van der Waals surface area contributed by atoms with Gasteiger partial charge < -0.3 is 10.2 Å². The molecule has 0 saturated carbocycles. The molecule has 2 heteroatoms. The Morgan fingerprint density at radius 2 is 0.810 bits per heavy atom. The molecule has 0 aromatic rings. The van der Waals surface area contributed by atoms with Gasteiger partial charge in [0.2, 0.25) is 0 Å². The van der Waals surface area contributed by atoms with Gasteiger partial charge in [-0.1, -0.05) is 131 Å². The molecular formula is C40H74O2. The molecule has 0 aromatic carbocycles. The molecule has 0 heterocycles. The average molecular weight is 587 g/mol. The summed E-state index contributed by atoms with van der Waals surface area (Å²) in [6, 6.07) is 0. The summed E-state index contributed by atoms with van der Waals surface area (Å²) in [5.41, 5.74) is 6.99. The van der Waals surface area contributed by atoms with Crippen molar-refractivity contribution in [2.75, 3.05) is 13.2 Å². The smallest absolute Gasteiger partial charge is 0.0614 e. The molecule has 0 spiro atoms.